The molecule has 21 heavy (non-hydrogen) atoms. The van der Waals surface area contributed by atoms with Crippen molar-refractivity contribution < 1.29 is 4.79 Å². The van der Waals surface area contributed by atoms with Gasteiger partial charge in [0.15, 0.2) is 0 Å². The zero-order chi connectivity index (χ0) is 14.7. The molecule has 1 aromatic heterocycles. The van der Waals surface area contributed by atoms with Crippen molar-refractivity contribution in [1.29, 1.82) is 0 Å². The molecule has 6 heteroatoms. The number of nitrogens with zero attached hydrogens (tertiary/aromatic N) is 4. The highest BCUT2D eigenvalue weighted by molar-refractivity contribution is 5.92. The Morgan fingerprint density at radius 1 is 1.24 bits per heavy atom. The van der Waals surface area contributed by atoms with Gasteiger partial charge in [-0.05, 0) is 38.8 Å². The number of carbonyl (C=O) groups is 1. The molecule has 116 valence electrons. The fraction of sp³-hybridized carbons (Fsp3) is 0.733. The van der Waals surface area contributed by atoms with Gasteiger partial charge in [-0.25, -0.2) is 4.98 Å². The smallest absolute Gasteiger partial charge is 0.274 e. The molecule has 0 atom stereocenters. The van der Waals surface area contributed by atoms with Crippen molar-refractivity contribution in [2.45, 2.75) is 38.3 Å². The topological polar surface area (TPSA) is 67.4 Å². The summed E-state index contributed by atoms with van der Waals surface area (Å²) < 4.78 is 1.88. The summed E-state index contributed by atoms with van der Waals surface area (Å²) in [6.07, 6.45) is 8.35. The van der Waals surface area contributed by atoms with E-state index in [1.807, 2.05) is 15.7 Å². The predicted octanol–water partition coefficient (Wildman–Crippen LogP) is 0.542. The zero-order valence-corrected chi connectivity index (χ0v) is 12.6. The van der Waals surface area contributed by atoms with Crippen LogP contribution >= 0.6 is 0 Å². The molecule has 0 aliphatic carbocycles. The highest BCUT2D eigenvalue weighted by Crippen LogP contribution is 2.21. The molecular weight excluding hydrogens is 266 g/mol. The molecule has 2 aliphatic rings. The number of rotatable bonds is 4. The number of piperidine rings is 1. The molecule has 3 heterocycles. The Bertz CT molecular complexity index is 472. The maximum atomic E-state index is 12.5. The fourth-order valence-electron chi connectivity index (χ4n) is 3.44. The Morgan fingerprint density at radius 2 is 1.95 bits per heavy atom. The molecule has 2 saturated heterocycles. The molecule has 3 rings (SSSR count). The second-order valence-corrected chi connectivity index (χ2v) is 6.05. The molecule has 2 fully saturated rings. The van der Waals surface area contributed by atoms with Gasteiger partial charge in [0.1, 0.15) is 5.69 Å². The van der Waals surface area contributed by atoms with E-state index in [0.717, 1.165) is 25.9 Å². The van der Waals surface area contributed by atoms with Crippen LogP contribution in [0.5, 0.6) is 0 Å². The van der Waals surface area contributed by atoms with Gasteiger partial charge in [0.2, 0.25) is 0 Å². The minimum atomic E-state index is 0.0608. The Morgan fingerprint density at radius 3 is 2.62 bits per heavy atom. The van der Waals surface area contributed by atoms with E-state index in [4.69, 9.17) is 5.73 Å². The average molecular weight is 291 g/mol. The first-order chi connectivity index (χ1) is 10.3. The summed E-state index contributed by atoms with van der Waals surface area (Å²) in [5.41, 5.74) is 6.06. The van der Waals surface area contributed by atoms with E-state index >= 15 is 0 Å². The molecule has 2 N–H and O–H groups in total. The highest BCUT2D eigenvalue weighted by Gasteiger charge is 2.29. The van der Waals surface area contributed by atoms with E-state index in [1.54, 1.807) is 6.33 Å². The molecule has 0 saturated carbocycles. The number of aromatic nitrogens is 2. The van der Waals surface area contributed by atoms with Crippen LogP contribution in [-0.2, 0) is 6.54 Å². The number of hydrogen-bond donors (Lipinski definition) is 1. The molecular formula is C15H25N5O. The van der Waals surface area contributed by atoms with Gasteiger partial charge >= 0.3 is 0 Å². The van der Waals surface area contributed by atoms with Crippen molar-refractivity contribution in [2.75, 3.05) is 32.7 Å². The summed E-state index contributed by atoms with van der Waals surface area (Å²) >= 11 is 0. The van der Waals surface area contributed by atoms with Gasteiger partial charge in [0, 0.05) is 38.4 Å². The van der Waals surface area contributed by atoms with Crippen LogP contribution < -0.4 is 5.73 Å². The molecule has 1 amide bonds. The Kier molecular flexibility index (Phi) is 4.55. The molecule has 1 aromatic rings. The van der Waals surface area contributed by atoms with Gasteiger partial charge in [-0.2, -0.15) is 0 Å². The Balaban J connectivity index is 1.54. The molecule has 0 spiro atoms. The van der Waals surface area contributed by atoms with E-state index in [0.29, 0.717) is 24.8 Å². The number of hydrogen-bond acceptors (Lipinski definition) is 4. The van der Waals surface area contributed by atoms with Gasteiger partial charge < -0.3 is 20.1 Å². The van der Waals surface area contributed by atoms with E-state index in [9.17, 15) is 4.79 Å². The van der Waals surface area contributed by atoms with Gasteiger partial charge in [0.05, 0.1) is 6.33 Å². The van der Waals surface area contributed by atoms with Crippen LogP contribution in [0.25, 0.3) is 0 Å². The average Bonchev–Trinajstić information content (AvgIpc) is 3.19. The summed E-state index contributed by atoms with van der Waals surface area (Å²) in [6, 6.07) is 0.673. The minimum absolute atomic E-state index is 0.0608. The van der Waals surface area contributed by atoms with E-state index < -0.39 is 0 Å². The first-order valence-electron chi connectivity index (χ1n) is 8.03. The Hall–Kier alpha value is -1.40. The Labute approximate surface area is 125 Å². The lowest BCUT2D eigenvalue weighted by atomic mass is 10.0. The van der Waals surface area contributed by atoms with Crippen LogP contribution in [0, 0.1) is 0 Å². The van der Waals surface area contributed by atoms with Crippen molar-refractivity contribution in [3.05, 3.63) is 18.2 Å². The SMILES string of the molecule is NCCn1cnc(C(=O)N2CCC(N3CCCC3)CC2)c1. The normalized spacial score (nSPS) is 21.1. The van der Waals surface area contributed by atoms with Crippen molar-refractivity contribution in [3.63, 3.8) is 0 Å². The summed E-state index contributed by atoms with van der Waals surface area (Å²) in [7, 11) is 0. The number of likely N-dealkylation sites (tertiary alicyclic amines) is 2. The maximum absolute atomic E-state index is 12.5. The number of carbonyl (C=O) groups excluding carboxylic acids is 1. The molecule has 0 aromatic carbocycles. The van der Waals surface area contributed by atoms with Crippen LogP contribution in [0.3, 0.4) is 0 Å². The van der Waals surface area contributed by atoms with Crippen molar-refractivity contribution in [3.8, 4) is 0 Å². The van der Waals surface area contributed by atoms with Crippen molar-refractivity contribution in [2.24, 2.45) is 5.73 Å². The summed E-state index contributed by atoms with van der Waals surface area (Å²) in [5.74, 6) is 0.0608. The quantitative estimate of drug-likeness (QED) is 0.879. The zero-order valence-electron chi connectivity index (χ0n) is 12.6. The largest absolute Gasteiger partial charge is 0.337 e. The molecule has 0 unspecified atom stereocenters. The van der Waals surface area contributed by atoms with Crippen molar-refractivity contribution in [1.82, 2.24) is 19.4 Å². The standard InChI is InChI=1S/C15H25N5O/c16-5-10-18-11-14(17-12-18)15(21)20-8-3-13(4-9-20)19-6-1-2-7-19/h11-13H,1-10,16H2. The van der Waals surface area contributed by atoms with Crippen LogP contribution in [0.2, 0.25) is 0 Å². The highest BCUT2D eigenvalue weighted by atomic mass is 16.2. The van der Waals surface area contributed by atoms with Crippen LogP contribution in [0.4, 0.5) is 0 Å². The maximum Gasteiger partial charge on any atom is 0.274 e. The fourth-order valence-corrected chi connectivity index (χ4v) is 3.44. The molecule has 0 bridgehead atoms. The van der Waals surface area contributed by atoms with E-state index in [-0.39, 0.29) is 5.91 Å². The second-order valence-electron chi connectivity index (χ2n) is 6.05. The summed E-state index contributed by atoms with van der Waals surface area (Å²) in [6.45, 7) is 5.44. The first kappa shape index (κ1) is 14.5. The van der Waals surface area contributed by atoms with Gasteiger partial charge in [0.25, 0.3) is 5.91 Å². The van der Waals surface area contributed by atoms with Crippen LogP contribution in [0.15, 0.2) is 12.5 Å². The lowest BCUT2D eigenvalue weighted by Crippen LogP contribution is -2.46. The second kappa shape index (κ2) is 6.58. The summed E-state index contributed by atoms with van der Waals surface area (Å²) in [5, 5.41) is 0. The number of imidazole rings is 1. The lowest BCUT2D eigenvalue weighted by Gasteiger charge is -2.36. The lowest BCUT2D eigenvalue weighted by molar-refractivity contribution is 0.0639. The van der Waals surface area contributed by atoms with Gasteiger partial charge in [-0.1, -0.05) is 0 Å². The van der Waals surface area contributed by atoms with E-state index in [2.05, 4.69) is 9.88 Å². The van der Waals surface area contributed by atoms with Crippen molar-refractivity contribution >= 4 is 5.91 Å². The summed E-state index contributed by atoms with van der Waals surface area (Å²) in [4.78, 5) is 21.2. The van der Waals surface area contributed by atoms with Crippen LogP contribution in [0.1, 0.15) is 36.2 Å². The predicted molar refractivity (Wildman–Crippen MR) is 81.0 cm³/mol. The van der Waals surface area contributed by atoms with Gasteiger partial charge in [-0.15, -0.1) is 0 Å². The van der Waals surface area contributed by atoms with Gasteiger partial charge in [-0.3, -0.25) is 4.79 Å². The number of amides is 1. The molecule has 0 radical (unpaired) electrons. The molecule has 6 nitrogen and oxygen atoms in total. The third kappa shape index (κ3) is 3.27. The monoisotopic (exact) mass is 291 g/mol. The third-order valence-corrected chi connectivity index (χ3v) is 4.65. The van der Waals surface area contributed by atoms with E-state index in [1.165, 1.54) is 25.9 Å². The molecule has 2 aliphatic heterocycles. The first-order valence-corrected chi connectivity index (χ1v) is 8.03. The third-order valence-electron chi connectivity index (χ3n) is 4.65. The minimum Gasteiger partial charge on any atom is -0.337 e. The number of nitrogens with two attached hydrogens (primary N) is 1. The van der Waals surface area contributed by atoms with Crippen LogP contribution in [-0.4, -0.2) is 64.0 Å².